The fourth-order valence-corrected chi connectivity index (χ4v) is 2.68. The Bertz CT molecular complexity index is 690. The van der Waals surface area contributed by atoms with Gasteiger partial charge in [-0.3, -0.25) is 4.79 Å². The molecule has 0 fully saturated rings. The Morgan fingerprint density at radius 1 is 1.00 bits per heavy atom. The van der Waals surface area contributed by atoms with Crippen LogP contribution in [0.2, 0.25) is 0 Å². The first kappa shape index (κ1) is 16.7. The molecule has 2 aromatic rings. The summed E-state index contributed by atoms with van der Waals surface area (Å²) in [5.41, 5.74) is 3.21. The molecule has 23 heavy (non-hydrogen) atoms. The van der Waals surface area contributed by atoms with E-state index in [0.29, 0.717) is 5.69 Å². The van der Waals surface area contributed by atoms with E-state index in [1.807, 2.05) is 62.4 Å². The van der Waals surface area contributed by atoms with Crippen molar-refractivity contribution in [3.8, 4) is 0 Å². The molecule has 0 N–H and O–H groups in total. The van der Waals surface area contributed by atoms with Crippen molar-refractivity contribution in [3.63, 3.8) is 0 Å². The number of hydrogen-bond donors (Lipinski definition) is 0. The van der Waals surface area contributed by atoms with Crippen LogP contribution in [-0.4, -0.2) is 17.9 Å². The Labute approximate surface area is 136 Å². The van der Waals surface area contributed by atoms with Crippen molar-refractivity contribution >= 4 is 17.6 Å². The van der Waals surface area contributed by atoms with Gasteiger partial charge in [-0.05, 0) is 37.5 Å². The molecule has 0 aromatic heterocycles. The molecule has 1 amide bonds. The van der Waals surface area contributed by atoms with Crippen molar-refractivity contribution in [1.82, 2.24) is 0 Å². The van der Waals surface area contributed by atoms with Crippen molar-refractivity contribution < 1.29 is 14.7 Å². The van der Waals surface area contributed by atoms with Crippen LogP contribution in [0.4, 0.5) is 5.69 Å². The van der Waals surface area contributed by atoms with Gasteiger partial charge in [0.25, 0.3) is 0 Å². The third kappa shape index (κ3) is 3.77. The molecular formula is C19H20NO3-. The predicted molar refractivity (Wildman–Crippen MR) is 88.0 cm³/mol. The van der Waals surface area contributed by atoms with Crippen LogP contribution in [0.1, 0.15) is 23.6 Å². The number of benzene rings is 2. The number of carboxylic acids is 1. The summed E-state index contributed by atoms with van der Waals surface area (Å²) in [5, 5.41) is 11.4. The molecule has 120 valence electrons. The molecule has 0 saturated heterocycles. The smallest absolute Gasteiger partial charge is 0.232 e. The van der Waals surface area contributed by atoms with Gasteiger partial charge in [0.2, 0.25) is 5.91 Å². The second-order valence-electron chi connectivity index (χ2n) is 5.66. The minimum atomic E-state index is -1.27. The van der Waals surface area contributed by atoms with E-state index >= 15 is 0 Å². The van der Waals surface area contributed by atoms with E-state index in [0.717, 1.165) is 16.7 Å². The van der Waals surface area contributed by atoms with Gasteiger partial charge in [-0.15, -0.1) is 0 Å². The molecule has 1 atom stereocenters. The lowest BCUT2D eigenvalue weighted by Crippen LogP contribution is -2.50. The van der Waals surface area contributed by atoms with Gasteiger partial charge in [-0.25, -0.2) is 0 Å². The molecule has 0 spiro atoms. The zero-order valence-electron chi connectivity index (χ0n) is 13.6. The van der Waals surface area contributed by atoms with E-state index in [9.17, 15) is 14.7 Å². The van der Waals surface area contributed by atoms with Crippen LogP contribution in [0.5, 0.6) is 0 Å². The van der Waals surface area contributed by atoms with Crippen LogP contribution in [-0.2, 0) is 16.0 Å². The number of aryl methyl sites for hydroxylation is 2. The summed E-state index contributed by atoms with van der Waals surface area (Å²) in [6, 6.07) is 13.9. The van der Waals surface area contributed by atoms with Gasteiger partial charge in [0.05, 0.1) is 24.1 Å². The molecule has 0 aliphatic carbocycles. The minimum Gasteiger partial charge on any atom is -0.548 e. The topological polar surface area (TPSA) is 60.4 Å². The van der Waals surface area contributed by atoms with Crippen molar-refractivity contribution in [1.29, 1.82) is 0 Å². The minimum absolute atomic E-state index is 0.145. The summed E-state index contributed by atoms with van der Waals surface area (Å²) < 4.78 is 0. The molecule has 2 rings (SSSR count). The Hall–Kier alpha value is -2.62. The van der Waals surface area contributed by atoms with E-state index in [2.05, 4.69) is 0 Å². The molecule has 0 aliphatic rings. The lowest BCUT2D eigenvalue weighted by Gasteiger charge is -2.32. The highest BCUT2D eigenvalue weighted by atomic mass is 16.4. The lowest BCUT2D eigenvalue weighted by atomic mass is 10.0. The Balaban J connectivity index is 2.42. The maximum atomic E-state index is 12.8. The van der Waals surface area contributed by atoms with Gasteiger partial charge in [0.1, 0.15) is 0 Å². The summed E-state index contributed by atoms with van der Waals surface area (Å²) in [4.78, 5) is 25.5. The number of aliphatic carboxylic acids is 1. The highest BCUT2D eigenvalue weighted by molar-refractivity contribution is 6.00. The fourth-order valence-electron chi connectivity index (χ4n) is 2.68. The third-order valence-electron chi connectivity index (χ3n) is 3.88. The van der Waals surface area contributed by atoms with Crippen molar-refractivity contribution in [2.45, 2.75) is 33.2 Å². The van der Waals surface area contributed by atoms with E-state index < -0.39 is 12.0 Å². The summed E-state index contributed by atoms with van der Waals surface area (Å²) in [5.74, 6) is -1.53. The molecule has 0 saturated carbocycles. The largest absolute Gasteiger partial charge is 0.548 e. The monoisotopic (exact) mass is 310 g/mol. The van der Waals surface area contributed by atoms with E-state index in [1.165, 1.54) is 11.8 Å². The average molecular weight is 310 g/mol. The van der Waals surface area contributed by atoms with Crippen LogP contribution in [0, 0.1) is 13.8 Å². The van der Waals surface area contributed by atoms with Gasteiger partial charge in [0.15, 0.2) is 0 Å². The molecule has 0 unspecified atom stereocenters. The quantitative estimate of drug-likeness (QED) is 0.849. The maximum Gasteiger partial charge on any atom is 0.232 e. The van der Waals surface area contributed by atoms with Crippen molar-refractivity contribution in [2.24, 2.45) is 0 Å². The van der Waals surface area contributed by atoms with Gasteiger partial charge >= 0.3 is 0 Å². The highest BCUT2D eigenvalue weighted by Gasteiger charge is 2.25. The molecular weight excluding hydrogens is 290 g/mol. The Morgan fingerprint density at radius 3 is 2.09 bits per heavy atom. The number of nitrogens with zero attached hydrogens (tertiary/aromatic N) is 1. The first-order valence-corrected chi connectivity index (χ1v) is 7.55. The number of carboxylic acid groups (broad SMARTS) is 1. The van der Waals surface area contributed by atoms with Crippen LogP contribution in [0.25, 0.3) is 0 Å². The second-order valence-corrected chi connectivity index (χ2v) is 5.66. The average Bonchev–Trinajstić information content (AvgIpc) is 2.51. The molecule has 4 heteroatoms. The number of anilines is 1. The van der Waals surface area contributed by atoms with E-state index in [-0.39, 0.29) is 12.3 Å². The van der Waals surface area contributed by atoms with Crippen LogP contribution >= 0.6 is 0 Å². The number of para-hydroxylation sites is 1. The molecule has 0 aliphatic heterocycles. The summed E-state index contributed by atoms with van der Waals surface area (Å²) >= 11 is 0. The van der Waals surface area contributed by atoms with Gasteiger partial charge < -0.3 is 14.8 Å². The SMILES string of the molecule is Cc1cccc(C)c1N(C(=O)Cc1ccccc1)[C@@H](C)C(=O)[O-]. The summed E-state index contributed by atoms with van der Waals surface area (Å²) in [7, 11) is 0. The first-order chi connectivity index (χ1) is 10.9. The summed E-state index contributed by atoms with van der Waals surface area (Å²) in [6.07, 6.45) is 0.145. The normalized spacial score (nSPS) is 11.8. The molecule has 4 nitrogen and oxygen atoms in total. The summed E-state index contributed by atoms with van der Waals surface area (Å²) in [6.45, 7) is 5.21. The first-order valence-electron chi connectivity index (χ1n) is 7.55. The number of carbonyl (C=O) groups excluding carboxylic acids is 2. The van der Waals surface area contributed by atoms with Crippen molar-refractivity contribution in [2.75, 3.05) is 4.90 Å². The van der Waals surface area contributed by atoms with Crippen molar-refractivity contribution in [3.05, 3.63) is 65.2 Å². The van der Waals surface area contributed by atoms with Crippen LogP contribution in [0.15, 0.2) is 48.5 Å². The number of carbonyl (C=O) groups is 2. The van der Waals surface area contributed by atoms with Gasteiger partial charge in [0, 0.05) is 0 Å². The molecule has 0 radical (unpaired) electrons. The lowest BCUT2D eigenvalue weighted by molar-refractivity contribution is -0.307. The maximum absolute atomic E-state index is 12.8. The van der Waals surface area contributed by atoms with E-state index in [1.54, 1.807) is 0 Å². The molecule has 0 heterocycles. The van der Waals surface area contributed by atoms with Crippen LogP contribution in [0.3, 0.4) is 0 Å². The number of amides is 1. The number of rotatable bonds is 5. The second kappa shape index (κ2) is 7.09. The van der Waals surface area contributed by atoms with Gasteiger partial charge in [-0.2, -0.15) is 0 Å². The number of hydrogen-bond acceptors (Lipinski definition) is 3. The molecule has 2 aromatic carbocycles. The Kier molecular flexibility index (Phi) is 5.16. The Morgan fingerprint density at radius 2 is 1.57 bits per heavy atom. The highest BCUT2D eigenvalue weighted by Crippen LogP contribution is 2.27. The zero-order valence-corrected chi connectivity index (χ0v) is 13.6. The molecule has 0 bridgehead atoms. The fraction of sp³-hybridized carbons (Fsp3) is 0.263. The standard InChI is InChI=1S/C19H21NO3/c1-13-8-7-9-14(2)18(13)20(15(3)19(22)23)17(21)12-16-10-5-4-6-11-16/h4-11,15H,12H2,1-3H3,(H,22,23)/p-1/t15-/m0/s1. The predicted octanol–water partition coefficient (Wildman–Crippen LogP) is 2.02. The third-order valence-corrected chi connectivity index (χ3v) is 3.88. The van der Waals surface area contributed by atoms with Gasteiger partial charge in [-0.1, -0.05) is 48.5 Å². The zero-order chi connectivity index (χ0) is 17.0. The van der Waals surface area contributed by atoms with Crippen LogP contribution < -0.4 is 10.0 Å². The van der Waals surface area contributed by atoms with E-state index in [4.69, 9.17) is 0 Å².